The first-order chi connectivity index (χ1) is 6.02. The molecular formula is C10H17NO2. The van der Waals surface area contributed by atoms with Crippen LogP contribution in [0.25, 0.3) is 0 Å². The number of hydrogen-bond acceptors (Lipinski definition) is 2. The van der Waals surface area contributed by atoms with E-state index in [9.17, 15) is 4.79 Å². The lowest BCUT2D eigenvalue weighted by molar-refractivity contribution is -0.124. The predicted octanol–water partition coefficient (Wildman–Crippen LogP) is 1.55. The SMILES string of the molecule is C/C(C(=O)N(C)C)=C1\CCC(C)O1. The number of rotatable bonds is 1. The average Bonchev–Trinajstić information content (AvgIpc) is 2.49. The molecule has 0 spiro atoms. The molecule has 0 aliphatic carbocycles. The highest BCUT2D eigenvalue weighted by Crippen LogP contribution is 2.25. The highest BCUT2D eigenvalue weighted by molar-refractivity contribution is 5.92. The van der Waals surface area contributed by atoms with E-state index in [1.165, 1.54) is 0 Å². The lowest BCUT2D eigenvalue weighted by Gasteiger charge is -2.12. The number of likely N-dealkylation sites (N-methyl/N-ethyl adjacent to an activating group) is 1. The summed E-state index contributed by atoms with van der Waals surface area (Å²) in [6.45, 7) is 3.86. The molecule has 0 saturated carbocycles. The molecule has 0 radical (unpaired) electrons. The molecule has 1 atom stereocenters. The fourth-order valence-electron chi connectivity index (χ4n) is 1.43. The van der Waals surface area contributed by atoms with Crippen LogP contribution in [0, 0.1) is 0 Å². The van der Waals surface area contributed by atoms with Crippen molar-refractivity contribution in [1.82, 2.24) is 4.90 Å². The lowest BCUT2D eigenvalue weighted by atomic mass is 10.1. The zero-order chi connectivity index (χ0) is 10.0. The first-order valence-corrected chi connectivity index (χ1v) is 4.60. The van der Waals surface area contributed by atoms with Crippen molar-refractivity contribution in [2.45, 2.75) is 32.8 Å². The highest BCUT2D eigenvalue weighted by atomic mass is 16.5. The summed E-state index contributed by atoms with van der Waals surface area (Å²) in [7, 11) is 3.51. The molecule has 1 fully saturated rings. The van der Waals surface area contributed by atoms with E-state index < -0.39 is 0 Å². The minimum atomic E-state index is 0.0455. The van der Waals surface area contributed by atoms with Gasteiger partial charge in [0.05, 0.1) is 11.7 Å². The average molecular weight is 183 g/mol. The van der Waals surface area contributed by atoms with Crippen molar-refractivity contribution >= 4 is 5.91 Å². The fourth-order valence-corrected chi connectivity index (χ4v) is 1.43. The normalized spacial score (nSPS) is 25.4. The summed E-state index contributed by atoms with van der Waals surface area (Å²) in [6, 6.07) is 0. The topological polar surface area (TPSA) is 29.5 Å². The van der Waals surface area contributed by atoms with Crippen LogP contribution in [0.2, 0.25) is 0 Å². The van der Waals surface area contributed by atoms with E-state index in [0.717, 1.165) is 24.2 Å². The van der Waals surface area contributed by atoms with E-state index in [1.807, 2.05) is 13.8 Å². The Hall–Kier alpha value is -0.990. The van der Waals surface area contributed by atoms with E-state index in [2.05, 4.69) is 0 Å². The van der Waals surface area contributed by atoms with Crippen molar-refractivity contribution in [2.75, 3.05) is 14.1 Å². The molecule has 1 heterocycles. The molecule has 1 saturated heterocycles. The molecular weight excluding hydrogens is 166 g/mol. The number of allylic oxidation sites excluding steroid dienone is 1. The summed E-state index contributed by atoms with van der Waals surface area (Å²) < 4.78 is 5.53. The van der Waals surface area contributed by atoms with Crippen molar-refractivity contribution in [2.24, 2.45) is 0 Å². The van der Waals surface area contributed by atoms with Crippen LogP contribution in [-0.4, -0.2) is 31.0 Å². The third-order valence-corrected chi connectivity index (χ3v) is 2.27. The van der Waals surface area contributed by atoms with Crippen molar-refractivity contribution in [3.05, 3.63) is 11.3 Å². The van der Waals surface area contributed by atoms with Crippen molar-refractivity contribution < 1.29 is 9.53 Å². The van der Waals surface area contributed by atoms with Crippen LogP contribution in [0.5, 0.6) is 0 Å². The molecule has 1 aliphatic rings. The van der Waals surface area contributed by atoms with Crippen LogP contribution in [0.4, 0.5) is 0 Å². The van der Waals surface area contributed by atoms with Crippen LogP contribution in [0.1, 0.15) is 26.7 Å². The van der Waals surface area contributed by atoms with Crippen LogP contribution in [-0.2, 0) is 9.53 Å². The second-order valence-electron chi connectivity index (χ2n) is 3.71. The molecule has 1 amide bonds. The summed E-state index contributed by atoms with van der Waals surface area (Å²) in [5, 5.41) is 0. The molecule has 1 aliphatic heterocycles. The zero-order valence-corrected chi connectivity index (χ0v) is 8.76. The Bertz CT molecular complexity index is 243. The summed E-state index contributed by atoms with van der Waals surface area (Å²) in [5.41, 5.74) is 0.745. The minimum absolute atomic E-state index is 0.0455. The molecule has 3 nitrogen and oxygen atoms in total. The Kier molecular flexibility index (Phi) is 2.96. The lowest BCUT2D eigenvalue weighted by Crippen LogP contribution is -2.23. The van der Waals surface area contributed by atoms with Gasteiger partial charge in [0.25, 0.3) is 5.91 Å². The Morgan fingerprint density at radius 3 is 2.54 bits per heavy atom. The summed E-state index contributed by atoms with van der Waals surface area (Å²) >= 11 is 0. The first-order valence-electron chi connectivity index (χ1n) is 4.60. The maximum atomic E-state index is 11.5. The van der Waals surface area contributed by atoms with E-state index in [-0.39, 0.29) is 12.0 Å². The second-order valence-corrected chi connectivity index (χ2v) is 3.71. The van der Waals surface area contributed by atoms with Gasteiger partial charge < -0.3 is 9.64 Å². The van der Waals surface area contributed by atoms with Gasteiger partial charge in [-0.3, -0.25) is 4.79 Å². The van der Waals surface area contributed by atoms with Crippen LogP contribution in [0.3, 0.4) is 0 Å². The molecule has 74 valence electrons. The van der Waals surface area contributed by atoms with Crippen molar-refractivity contribution in [3.8, 4) is 0 Å². The molecule has 1 unspecified atom stereocenters. The third-order valence-electron chi connectivity index (χ3n) is 2.27. The summed E-state index contributed by atoms with van der Waals surface area (Å²) in [4.78, 5) is 13.1. The molecule has 0 aromatic rings. The molecule has 0 aromatic heterocycles. The molecule has 1 rings (SSSR count). The van der Waals surface area contributed by atoms with Gasteiger partial charge >= 0.3 is 0 Å². The molecule has 3 heteroatoms. The number of amides is 1. The quantitative estimate of drug-likeness (QED) is 0.577. The molecule has 0 bridgehead atoms. The number of carbonyl (C=O) groups is 1. The predicted molar refractivity (Wildman–Crippen MR) is 51.2 cm³/mol. The Labute approximate surface area is 79.4 Å². The molecule has 0 aromatic carbocycles. The van der Waals surface area contributed by atoms with E-state index >= 15 is 0 Å². The smallest absolute Gasteiger partial charge is 0.252 e. The van der Waals surface area contributed by atoms with E-state index in [1.54, 1.807) is 19.0 Å². The number of hydrogen-bond donors (Lipinski definition) is 0. The Morgan fingerprint density at radius 2 is 2.15 bits per heavy atom. The van der Waals surface area contributed by atoms with Gasteiger partial charge in [-0.25, -0.2) is 0 Å². The number of carbonyl (C=O) groups excluding carboxylic acids is 1. The fraction of sp³-hybridized carbons (Fsp3) is 0.700. The molecule has 13 heavy (non-hydrogen) atoms. The van der Waals surface area contributed by atoms with Gasteiger partial charge in [0, 0.05) is 20.5 Å². The Balaban J connectivity index is 2.75. The summed E-state index contributed by atoms with van der Waals surface area (Å²) in [5.74, 6) is 0.912. The van der Waals surface area contributed by atoms with Gasteiger partial charge in [0.1, 0.15) is 5.76 Å². The van der Waals surface area contributed by atoms with Gasteiger partial charge in [-0.2, -0.15) is 0 Å². The van der Waals surface area contributed by atoms with Gasteiger partial charge in [-0.05, 0) is 20.3 Å². The maximum Gasteiger partial charge on any atom is 0.252 e. The van der Waals surface area contributed by atoms with Crippen LogP contribution >= 0.6 is 0 Å². The van der Waals surface area contributed by atoms with Crippen molar-refractivity contribution in [3.63, 3.8) is 0 Å². The standard InChI is InChI=1S/C10H17NO2/c1-7-5-6-9(13-7)8(2)10(12)11(3)4/h7H,5-6H2,1-4H3/b9-8-. The van der Waals surface area contributed by atoms with Crippen LogP contribution in [0.15, 0.2) is 11.3 Å². The number of nitrogens with zero attached hydrogens (tertiary/aromatic N) is 1. The van der Waals surface area contributed by atoms with Gasteiger partial charge in [0.15, 0.2) is 0 Å². The van der Waals surface area contributed by atoms with Gasteiger partial charge in [0.2, 0.25) is 0 Å². The van der Waals surface area contributed by atoms with Crippen LogP contribution < -0.4 is 0 Å². The summed E-state index contributed by atoms with van der Waals surface area (Å²) in [6.07, 6.45) is 2.18. The first kappa shape index (κ1) is 10.1. The van der Waals surface area contributed by atoms with E-state index in [0.29, 0.717) is 0 Å². The number of ether oxygens (including phenoxy) is 1. The zero-order valence-electron chi connectivity index (χ0n) is 8.76. The minimum Gasteiger partial charge on any atom is -0.495 e. The van der Waals surface area contributed by atoms with Gasteiger partial charge in [-0.1, -0.05) is 0 Å². The maximum absolute atomic E-state index is 11.5. The van der Waals surface area contributed by atoms with Gasteiger partial charge in [-0.15, -0.1) is 0 Å². The van der Waals surface area contributed by atoms with E-state index in [4.69, 9.17) is 4.74 Å². The largest absolute Gasteiger partial charge is 0.495 e. The Morgan fingerprint density at radius 1 is 1.54 bits per heavy atom. The third kappa shape index (κ3) is 2.23. The monoisotopic (exact) mass is 183 g/mol. The second kappa shape index (κ2) is 3.81. The molecule has 0 N–H and O–H groups in total. The van der Waals surface area contributed by atoms with Crippen molar-refractivity contribution in [1.29, 1.82) is 0 Å². The highest BCUT2D eigenvalue weighted by Gasteiger charge is 2.21.